The van der Waals surface area contributed by atoms with Gasteiger partial charge in [0.15, 0.2) is 0 Å². The average Bonchev–Trinajstić information content (AvgIpc) is 2.73. The van der Waals surface area contributed by atoms with Gasteiger partial charge in [0.05, 0.1) is 5.92 Å². The highest BCUT2D eigenvalue weighted by atomic mass is 32.1. The van der Waals surface area contributed by atoms with Crippen molar-refractivity contribution in [2.75, 3.05) is 11.9 Å². The number of hydrogen-bond acceptors (Lipinski definition) is 5. The molecule has 0 radical (unpaired) electrons. The lowest BCUT2D eigenvalue weighted by molar-refractivity contribution is -0.143. The summed E-state index contributed by atoms with van der Waals surface area (Å²) in [6.45, 7) is 2.75. The quantitative estimate of drug-likeness (QED) is 0.862. The molecule has 1 fully saturated rings. The molecule has 2 N–H and O–H groups in total. The first-order valence-electron chi connectivity index (χ1n) is 5.92. The predicted octanol–water partition coefficient (Wildman–Crippen LogP) is 2.15. The number of nitrogens with zero attached hydrogens (tertiary/aromatic N) is 2. The molecule has 6 heteroatoms. The zero-order valence-corrected chi connectivity index (χ0v) is 10.7. The van der Waals surface area contributed by atoms with Crippen molar-refractivity contribution in [1.82, 2.24) is 9.36 Å². The minimum absolute atomic E-state index is 0.130. The zero-order valence-electron chi connectivity index (χ0n) is 9.85. The van der Waals surface area contributed by atoms with Crippen LogP contribution in [0.15, 0.2) is 0 Å². The molecule has 1 aliphatic rings. The lowest BCUT2D eigenvalue weighted by atomic mass is 9.82. The van der Waals surface area contributed by atoms with Crippen LogP contribution < -0.4 is 5.32 Å². The lowest BCUT2D eigenvalue weighted by Gasteiger charge is -2.25. The largest absolute Gasteiger partial charge is 0.481 e. The molecule has 1 heterocycles. The molecule has 5 nitrogen and oxygen atoms in total. The van der Waals surface area contributed by atoms with Crippen LogP contribution in [0.1, 0.15) is 31.5 Å². The summed E-state index contributed by atoms with van der Waals surface area (Å²) in [6.07, 6.45) is 3.58. The Labute approximate surface area is 104 Å². The summed E-state index contributed by atoms with van der Waals surface area (Å²) in [5.41, 5.74) is 0. The number of aliphatic carboxylic acids is 1. The molecule has 0 spiro atoms. The molecule has 0 atom stereocenters. The van der Waals surface area contributed by atoms with Crippen molar-refractivity contribution >= 4 is 22.6 Å². The van der Waals surface area contributed by atoms with Crippen LogP contribution in [-0.4, -0.2) is 27.0 Å². The summed E-state index contributed by atoms with van der Waals surface area (Å²) < 4.78 is 4.11. The molecule has 1 aromatic rings. The second kappa shape index (κ2) is 5.44. The van der Waals surface area contributed by atoms with Crippen molar-refractivity contribution in [2.45, 2.75) is 32.6 Å². The fraction of sp³-hybridized carbons (Fsp3) is 0.727. The van der Waals surface area contributed by atoms with Crippen molar-refractivity contribution in [1.29, 1.82) is 0 Å². The molecule has 0 aliphatic heterocycles. The van der Waals surface area contributed by atoms with E-state index < -0.39 is 5.97 Å². The number of carbonyl (C=O) groups is 1. The SMILES string of the molecule is Cc1nsc(NCC2CCC(C(=O)O)CC2)n1. The Balaban J connectivity index is 1.73. The van der Waals surface area contributed by atoms with Crippen molar-refractivity contribution in [3.05, 3.63) is 5.82 Å². The number of aryl methyl sites for hydroxylation is 1. The Hall–Kier alpha value is -1.17. The van der Waals surface area contributed by atoms with Gasteiger partial charge in [-0.1, -0.05) is 0 Å². The van der Waals surface area contributed by atoms with E-state index in [4.69, 9.17) is 5.11 Å². The van der Waals surface area contributed by atoms with Crippen LogP contribution in [0.3, 0.4) is 0 Å². The second-order valence-electron chi connectivity index (χ2n) is 4.58. The van der Waals surface area contributed by atoms with Gasteiger partial charge in [-0.2, -0.15) is 4.37 Å². The predicted molar refractivity (Wildman–Crippen MR) is 66.2 cm³/mol. The number of rotatable bonds is 4. The maximum absolute atomic E-state index is 10.8. The summed E-state index contributed by atoms with van der Waals surface area (Å²) in [5.74, 6) is 0.591. The maximum atomic E-state index is 10.8. The van der Waals surface area contributed by atoms with Crippen LogP contribution >= 0.6 is 11.5 Å². The molecule has 0 amide bonds. The molecule has 94 valence electrons. The number of carboxylic acids is 1. The van der Waals surface area contributed by atoms with Gasteiger partial charge in [-0.05, 0) is 38.5 Å². The van der Waals surface area contributed by atoms with Crippen LogP contribution in [0, 0.1) is 18.8 Å². The van der Waals surface area contributed by atoms with Gasteiger partial charge < -0.3 is 10.4 Å². The molecule has 1 saturated carbocycles. The number of hydrogen-bond donors (Lipinski definition) is 2. The minimum atomic E-state index is -0.642. The minimum Gasteiger partial charge on any atom is -0.481 e. The van der Waals surface area contributed by atoms with Crippen molar-refractivity contribution in [3.63, 3.8) is 0 Å². The molecular formula is C11H17N3O2S. The molecule has 1 aromatic heterocycles. The van der Waals surface area contributed by atoms with E-state index in [9.17, 15) is 4.79 Å². The van der Waals surface area contributed by atoms with Gasteiger partial charge >= 0.3 is 5.97 Å². The van der Waals surface area contributed by atoms with Gasteiger partial charge in [0.2, 0.25) is 5.13 Å². The first-order chi connectivity index (χ1) is 8.15. The van der Waals surface area contributed by atoms with Gasteiger partial charge in [-0.3, -0.25) is 4.79 Å². The molecular weight excluding hydrogens is 238 g/mol. The number of nitrogens with one attached hydrogen (secondary N) is 1. The van der Waals surface area contributed by atoms with E-state index in [0.717, 1.165) is 43.2 Å². The fourth-order valence-corrected chi connectivity index (χ4v) is 2.79. The molecule has 1 aliphatic carbocycles. The summed E-state index contributed by atoms with van der Waals surface area (Å²) in [6, 6.07) is 0. The van der Waals surface area contributed by atoms with E-state index >= 15 is 0 Å². The van der Waals surface area contributed by atoms with Crippen molar-refractivity contribution < 1.29 is 9.90 Å². The van der Waals surface area contributed by atoms with E-state index in [1.165, 1.54) is 11.5 Å². The summed E-state index contributed by atoms with van der Waals surface area (Å²) >= 11 is 1.38. The topological polar surface area (TPSA) is 75.1 Å². The van der Waals surface area contributed by atoms with Crippen LogP contribution in [0.2, 0.25) is 0 Å². The van der Waals surface area contributed by atoms with Crippen molar-refractivity contribution in [2.24, 2.45) is 11.8 Å². The third kappa shape index (κ3) is 3.39. The summed E-state index contributed by atoms with van der Waals surface area (Å²) in [5, 5.41) is 13.0. The summed E-state index contributed by atoms with van der Waals surface area (Å²) in [4.78, 5) is 15.1. The number of aromatic nitrogens is 2. The van der Waals surface area contributed by atoms with E-state index in [-0.39, 0.29) is 5.92 Å². The van der Waals surface area contributed by atoms with Crippen molar-refractivity contribution in [3.8, 4) is 0 Å². The highest BCUT2D eigenvalue weighted by molar-refractivity contribution is 7.09. The molecule has 0 aromatic carbocycles. The van der Waals surface area contributed by atoms with E-state index in [1.54, 1.807) is 0 Å². The molecule has 2 rings (SSSR count). The first kappa shape index (κ1) is 12.3. The standard InChI is InChI=1S/C11H17N3O2S/c1-7-13-11(17-14-7)12-6-8-2-4-9(5-3-8)10(15)16/h8-9H,2-6H2,1H3,(H,15,16)(H,12,13,14). The maximum Gasteiger partial charge on any atom is 0.306 e. The van der Waals surface area contributed by atoms with Crippen LogP contribution in [0.25, 0.3) is 0 Å². The van der Waals surface area contributed by atoms with Crippen LogP contribution in [0.4, 0.5) is 5.13 Å². The van der Waals surface area contributed by atoms with Gasteiger partial charge in [0.1, 0.15) is 5.82 Å². The third-order valence-corrected chi connectivity index (χ3v) is 4.03. The smallest absolute Gasteiger partial charge is 0.306 e. The van der Waals surface area contributed by atoms with Gasteiger partial charge in [0, 0.05) is 18.1 Å². The first-order valence-corrected chi connectivity index (χ1v) is 6.69. The van der Waals surface area contributed by atoms with E-state index in [2.05, 4.69) is 14.7 Å². The Morgan fingerprint density at radius 1 is 1.47 bits per heavy atom. The van der Waals surface area contributed by atoms with Gasteiger partial charge in [-0.15, -0.1) is 0 Å². The summed E-state index contributed by atoms with van der Waals surface area (Å²) in [7, 11) is 0. The van der Waals surface area contributed by atoms with Crippen LogP contribution in [0.5, 0.6) is 0 Å². The molecule has 0 unspecified atom stereocenters. The lowest BCUT2D eigenvalue weighted by Crippen LogP contribution is -2.25. The third-order valence-electron chi connectivity index (χ3n) is 3.27. The highest BCUT2D eigenvalue weighted by Gasteiger charge is 2.25. The Kier molecular flexibility index (Phi) is 3.93. The second-order valence-corrected chi connectivity index (χ2v) is 5.34. The molecule has 17 heavy (non-hydrogen) atoms. The normalized spacial score (nSPS) is 24.5. The molecule has 0 bridgehead atoms. The molecule has 0 saturated heterocycles. The number of carboxylic acid groups (broad SMARTS) is 1. The Morgan fingerprint density at radius 3 is 2.71 bits per heavy atom. The number of anilines is 1. The van der Waals surface area contributed by atoms with Gasteiger partial charge in [-0.25, -0.2) is 4.98 Å². The fourth-order valence-electron chi connectivity index (χ4n) is 2.21. The van der Waals surface area contributed by atoms with E-state index in [1.807, 2.05) is 6.92 Å². The monoisotopic (exact) mass is 255 g/mol. The van der Waals surface area contributed by atoms with Crippen LogP contribution in [-0.2, 0) is 4.79 Å². The Morgan fingerprint density at radius 2 is 2.18 bits per heavy atom. The van der Waals surface area contributed by atoms with Gasteiger partial charge in [0.25, 0.3) is 0 Å². The Bertz CT molecular complexity index is 386. The van der Waals surface area contributed by atoms with E-state index in [0.29, 0.717) is 5.92 Å². The highest BCUT2D eigenvalue weighted by Crippen LogP contribution is 2.29. The zero-order chi connectivity index (χ0) is 12.3. The average molecular weight is 255 g/mol.